The lowest BCUT2D eigenvalue weighted by Crippen LogP contribution is -2.49. The number of fused-ring (bicyclic) bond motifs is 5. The van der Waals surface area contributed by atoms with Gasteiger partial charge in [-0.1, -0.05) is 31.6 Å². The Balaban J connectivity index is 1.48. The van der Waals surface area contributed by atoms with Gasteiger partial charge >= 0.3 is 0 Å². The van der Waals surface area contributed by atoms with Gasteiger partial charge in [0.2, 0.25) is 0 Å². The van der Waals surface area contributed by atoms with Crippen molar-refractivity contribution < 1.29 is 9.50 Å². The summed E-state index contributed by atoms with van der Waals surface area (Å²) in [6, 6.07) is 1.65. The first-order chi connectivity index (χ1) is 12.9. The normalized spacial score (nSPS) is 43.3. The fourth-order valence-electron chi connectivity index (χ4n) is 7.22. The molecule has 2 nitrogen and oxygen atoms in total. The molecule has 0 amide bonds. The van der Waals surface area contributed by atoms with Gasteiger partial charge in [0.05, 0.1) is 12.3 Å². The molecule has 5 rings (SSSR count). The molecule has 3 heteroatoms. The van der Waals surface area contributed by atoms with E-state index in [0.29, 0.717) is 11.8 Å². The summed E-state index contributed by atoms with van der Waals surface area (Å²) < 4.78 is 13.8. The number of pyridine rings is 1. The summed E-state index contributed by atoms with van der Waals surface area (Å²) in [5.41, 5.74) is 4.21. The van der Waals surface area contributed by atoms with Gasteiger partial charge < -0.3 is 5.11 Å². The van der Waals surface area contributed by atoms with Crippen LogP contribution in [0.4, 0.5) is 4.39 Å². The molecule has 0 bridgehead atoms. The molecule has 0 saturated heterocycles. The molecule has 1 heterocycles. The fourth-order valence-corrected chi connectivity index (χ4v) is 7.22. The van der Waals surface area contributed by atoms with Crippen LogP contribution in [0.1, 0.15) is 64.4 Å². The molecule has 1 aromatic heterocycles. The van der Waals surface area contributed by atoms with E-state index in [4.69, 9.17) is 0 Å². The number of rotatable bonds is 1. The summed E-state index contributed by atoms with van der Waals surface area (Å²) >= 11 is 0. The van der Waals surface area contributed by atoms with E-state index in [0.717, 1.165) is 43.6 Å². The zero-order valence-corrected chi connectivity index (χ0v) is 16.4. The second-order valence-electron chi connectivity index (χ2n) is 9.86. The van der Waals surface area contributed by atoms with Crippen molar-refractivity contribution in [1.82, 2.24) is 4.98 Å². The second-order valence-corrected chi connectivity index (χ2v) is 9.86. The molecule has 0 spiro atoms. The van der Waals surface area contributed by atoms with Crippen molar-refractivity contribution in [2.45, 2.75) is 64.9 Å². The van der Waals surface area contributed by atoms with Crippen molar-refractivity contribution in [2.24, 2.45) is 28.6 Å². The van der Waals surface area contributed by atoms with Crippen LogP contribution in [0, 0.1) is 34.4 Å². The van der Waals surface area contributed by atoms with E-state index in [1.807, 2.05) is 6.20 Å². The second kappa shape index (κ2) is 6.01. The number of hydrogen-bond donors (Lipinski definition) is 1. The molecular formula is C24H30FNO. The van der Waals surface area contributed by atoms with E-state index in [1.54, 1.807) is 6.07 Å². The average molecular weight is 368 g/mol. The average Bonchev–Trinajstić information content (AvgIpc) is 2.99. The molecule has 0 aromatic carbocycles. The van der Waals surface area contributed by atoms with E-state index in [-0.39, 0.29) is 22.8 Å². The van der Waals surface area contributed by atoms with Gasteiger partial charge in [0.15, 0.2) is 0 Å². The maximum atomic E-state index is 13.8. The van der Waals surface area contributed by atoms with Crippen LogP contribution in [0.5, 0.6) is 0 Å². The molecule has 0 unspecified atom stereocenters. The quantitative estimate of drug-likeness (QED) is 0.661. The van der Waals surface area contributed by atoms with Gasteiger partial charge in [-0.05, 0) is 90.7 Å². The van der Waals surface area contributed by atoms with Gasteiger partial charge in [-0.25, -0.2) is 4.39 Å². The van der Waals surface area contributed by atoms with Crippen molar-refractivity contribution in [2.75, 3.05) is 0 Å². The zero-order valence-electron chi connectivity index (χ0n) is 16.4. The summed E-state index contributed by atoms with van der Waals surface area (Å²) in [7, 11) is 0. The lowest BCUT2D eigenvalue weighted by Gasteiger charge is -2.57. The highest BCUT2D eigenvalue weighted by Gasteiger charge is 2.56. The van der Waals surface area contributed by atoms with E-state index in [9.17, 15) is 9.50 Å². The first kappa shape index (κ1) is 17.6. The number of allylic oxidation sites excluding steroid dienone is 3. The third-order valence-corrected chi connectivity index (χ3v) is 8.67. The minimum atomic E-state index is -0.243. The predicted octanol–water partition coefficient (Wildman–Crippen LogP) is 5.54. The lowest BCUT2D eigenvalue weighted by molar-refractivity contribution is -0.0238. The Hall–Kier alpha value is -1.48. The summed E-state index contributed by atoms with van der Waals surface area (Å²) in [6.45, 7) is 4.87. The highest BCUT2D eigenvalue weighted by atomic mass is 19.1. The number of hydrogen-bond acceptors (Lipinski definition) is 2. The number of aromatic nitrogens is 1. The smallest absolute Gasteiger partial charge is 0.142 e. The molecule has 4 aliphatic rings. The van der Waals surface area contributed by atoms with E-state index in [2.05, 4.69) is 31.0 Å². The highest BCUT2D eigenvalue weighted by Crippen LogP contribution is 2.66. The van der Waals surface area contributed by atoms with Crippen LogP contribution in [0.15, 0.2) is 36.2 Å². The molecule has 6 atom stereocenters. The molecule has 1 aromatic rings. The first-order valence-electron chi connectivity index (χ1n) is 10.6. The van der Waals surface area contributed by atoms with Crippen LogP contribution in [0.2, 0.25) is 0 Å². The summed E-state index contributed by atoms with van der Waals surface area (Å²) in [6.07, 6.45) is 15.4. The molecular weight excluding hydrogens is 337 g/mol. The third kappa shape index (κ3) is 2.50. The number of halogens is 1. The minimum absolute atomic E-state index is 0.131. The molecule has 2 fully saturated rings. The topological polar surface area (TPSA) is 33.1 Å². The molecule has 2 saturated carbocycles. The van der Waals surface area contributed by atoms with Gasteiger partial charge in [0, 0.05) is 6.20 Å². The van der Waals surface area contributed by atoms with Crippen molar-refractivity contribution in [3.05, 3.63) is 47.6 Å². The number of aliphatic hydroxyl groups excluding tert-OH is 1. The molecule has 0 aliphatic heterocycles. The van der Waals surface area contributed by atoms with Crippen LogP contribution < -0.4 is 0 Å². The maximum absolute atomic E-state index is 13.8. The first-order valence-corrected chi connectivity index (χ1v) is 10.6. The van der Waals surface area contributed by atoms with Crippen LogP contribution in [0.25, 0.3) is 5.57 Å². The standard InChI is InChI=1S/C24H30FNO/c1-23-9-7-18(27)12-16(23)3-4-19-21-6-5-20(15-11-17(25)14-26-13-15)24(21,2)10-8-22(19)23/h3,5,11,13-14,18-19,21-22,27H,4,6-10,12H2,1-2H3/t18-,19-,21-,22-,23-,24+/m0/s1. The lowest BCUT2D eigenvalue weighted by atomic mass is 9.47. The highest BCUT2D eigenvalue weighted by molar-refractivity contribution is 5.72. The van der Waals surface area contributed by atoms with Crippen molar-refractivity contribution >= 4 is 5.57 Å². The van der Waals surface area contributed by atoms with Gasteiger partial charge in [0.25, 0.3) is 0 Å². The van der Waals surface area contributed by atoms with Crippen LogP contribution in [0.3, 0.4) is 0 Å². The Morgan fingerprint density at radius 2 is 1.85 bits per heavy atom. The fraction of sp³-hybridized carbons (Fsp3) is 0.625. The molecule has 0 radical (unpaired) electrons. The minimum Gasteiger partial charge on any atom is -0.393 e. The van der Waals surface area contributed by atoms with Gasteiger partial charge in [-0.15, -0.1) is 0 Å². The van der Waals surface area contributed by atoms with E-state index in [1.165, 1.54) is 30.2 Å². The molecule has 1 N–H and O–H groups in total. The Morgan fingerprint density at radius 3 is 2.67 bits per heavy atom. The molecule has 27 heavy (non-hydrogen) atoms. The van der Waals surface area contributed by atoms with Gasteiger partial charge in [-0.2, -0.15) is 0 Å². The predicted molar refractivity (Wildman–Crippen MR) is 105 cm³/mol. The van der Waals surface area contributed by atoms with Crippen LogP contribution >= 0.6 is 0 Å². The Labute approximate surface area is 161 Å². The Kier molecular flexibility index (Phi) is 3.92. The monoisotopic (exact) mass is 367 g/mol. The summed E-state index contributed by atoms with van der Waals surface area (Å²) in [5, 5.41) is 10.1. The number of aliphatic hydroxyl groups is 1. The van der Waals surface area contributed by atoms with Crippen molar-refractivity contribution in [3.8, 4) is 0 Å². The van der Waals surface area contributed by atoms with Crippen LogP contribution in [-0.2, 0) is 0 Å². The molecule has 144 valence electrons. The number of nitrogens with zero attached hydrogens (tertiary/aromatic N) is 1. The van der Waals surface area contributed by atoms with E-state index < -0.39 is 0 Å². The summed E-state index contributed by atoms with van der Waals surface area (Å²) in [4.78, 5) is 4.10. The Bertz CT molecular complexity index is 829. The van der Waals surface area contributed by atoms with Crippen LogP contribution in [-0.4, -0.2) is 16.2 Å². The largest absolute Gasteiger partial charge is 0.393 e. The Morgan fingerprint density at radius 1 is 1.04 bits per heavy atom. The summed E-state index contributed by atoms with van der Waals surface area (Å²) in [5.74, 6) is 1.81. The zero-order chi connectivity index (χ0) is 18.8. The van der Waals surface area contributed by atoms with Crippen molar-refractivity contribution in [3.63, 3.8) is 0 Å². The van der Waals surface area contributed by atoms with Gasteiger partial charge in [-0.3, -0.25) is 4.98 Å². The van der Waals surface area contributed by atoms with Gasteiger partial charge in [0.1, 0.15) is 5.82 Å². The SMILES string of the molecule is C[C@]12CC[C@H](O)CC1=CC[C@@H]1[C@@H]2CC[C@]2(C)C(c3cncc(F)c3)=CC[C@@H]12. The maximum Gasteiger partial charge on any atom is 0.142 e. The van der Waals surface area contributed by atoms with Crippen molar-refractivity contribution in [1.29, 1.82) is 0 Å². The molecule has 4 aliphatic carbocycles. The van der Waals surface area contributed by atoms with E-state index >= 15 is 0 Å². The third-order valence-electron chi connectivity index (χ3n) is 8.67.